The van der Waals surface area contributed by atoms with Crippen LogP contribution in [0.1, 0.15) is 12.8 Å². The third-order valence-corrected chi connectivity index (χ3v) is 4.83. The number of anilines is 1. The molecule has 1 aliphatic heterocycles. The lowest BCUT2D eigenvalue weighted by Gasteiger charge is -2.27. The van der Waals surface area contributed by atoms with Crippen LogP contribution in [0.2, 0.25) is 0 Å². The van der Waals surface area contributed by atoms with Gasteiger partial charge in [0.15, 0.2) is 6.10 Å². The molecule has 3 N–H and O–H groups in total. The highest BCUT2D eigenvalue weighted by molar-refractivity contribution is 7.92. The van der Waals surface area contributed by atoms with Crippen molar-refractivity contribution in [1.29, 1.82) is 0 Å². The summed E-state index contributed by atoms with van der Waals surface area (Å²) in [5, 5.41) is 2.33. The first kappa shape index (κ1) is 20.7. The zero-order chi connectivity index (χ0) is 17.3. The lowest BCUT2D eigenvalue weighted by atomic mass is 10.0. The van der Waals surface area contributed by atoms with Gasteiger partial charge in [-0.05, 0) is 31.0 Å². The average molecular weight is 389 g/mol. The number of hydrogen-bond donors (Lipinski definition) is 2. The van der Waals surface area contributed by atoms with Crippen molar-refractivity contribution in [2.24, 2.45) is 5.73 Å². The topological polar surface area (TPSA) is 98.5 Å². The Bertz CT molecular complexity index is 697. The summed E-state index contributed by atoms with van der Waals surface area (Å²) in [6.07, 6.45) is 0.372. The van der Waals surface area contributed by atoms with E-state index in [2.05, 4.69) is 5.32 Å². The molecule has 0 unspecified atom stereocenters. The van der Waals surface area contributed by atoms with Crippen molar-refractivity contribution in [2.45, 2.75) is 35.4 Å². The van der Waals surface area contributed by atoms with Gasteiger partial charge in [-0.2, -0.15) is 13.2 Å². The molecule has 136 valence electrons. The average Bonchev–Trinajstić information content (AvgIpc) is 2.46. The monoisotopic (exact) mass is 388 g/mol. The van der Waals surface area contributed by atoms with Crippen molar-refractivity contribution in [3.8, 4) is 0 Å². The van der Waals surface area contributed by atoms with Crippen LogP contribution in [0.25, 0.3) is 0 Å². The maximum absolute atomic E-state index is 12.5. The van der Waals surface area contributed by atoms with Gasteiger partial charge in [0.25, 0.3) is 15.7 Å². The van der Waals surface area contributed by atoms with Gasteiger partial charge in [0.1, 0.15) is 0 Å². The summed E-state index contributed by atoms with van der Waals surface area (Å²) in [6, 6.07) is 3.42. The fourth-order valence-electron chi connectivity index (χ4n) is 2.16. The van der Waals surface area contributed by atoms with Crippen molar-refractivity contribution in [3.05, 3.63) is 24.3 Å². The second-order valence-electron chi connectivity index (χ2n) is 5.06. The number of rotatable bonds is 3. The number of benzene rings is 1. The zero-order valence-corrected chi connectivity index (χ0v) is 13.9. The molecule has 1 heterocycles. The van der Waals surface area contributed by atoms with Crippen molar-refractivity contribution in [1.82, 2.24) is 0 Å². The Balaban J connectivity index is 0.00000288. The molecule has 1 amide bonds. The molecule has 1 aliphatic rings. The van der Waals surface area contributed by atoms with Crippen molar-refractivity contribution < 1.29 is 31.1 Å². The smallest absolute Gasteiger partial charge is 0.367 e. The predicted octanol–water partition coefficient (Wildman–Crippen LogP) is 1.85. The van der Waals surface area contributed by atoms with E-state index in [1.807, 2.05) is 0 Å². The molecule has 0 radical (unpaired) electrons. The second kappa shape index (κ2) is 7.68. The maximum Gasteiger partial charge on any atom is 0.501 e. The van der Waals surface area contributed by atoms with Crippen LogP contribution >= 0.6 is 12.4 Å². The fourth-order valence-corrected chi connectivity index (χ4v) is 2.97. The molecular formula is C13H16ClF3N2O4S. The number of carbonyl (C=O) groups excluding carboxylic acids is 1. The molecule has 0 spiro atoms. The van der Waals surface area contributed by atoms with Crippen LogP contribution in [0.5, 0.6) is 0 Å². The van der Waals surface area contributed by atoms with Crippen LogP contribution in [0.4, 0.5) is 18.9 Å². The van der Waals surface area contributed by atoms with Gasteiger partial charge < -0.3 is 15.8 Å². The minimum Gasteiger partial charge on any atom is -0.367 e. The molecule has 6 nitrogen and oxygen atoms in total. The standard InChI is InChI=1S/C13H15F3N2O4S.ClH/c14-13(15,16)23(20,21)9-4-1-3-8(7-9)18-12(19)11-10(17)5-2-6-22-11;/h1,3-4,7,10-11H,2,5-6,17H2,(H,18,19);1H/t10-,11+;/m1./s1. The fraction of sp³-hybridized carbons (Fsp3) is 0.462. The Morgan fingerprint density at radius 3 is 2.58 bits per heavy atom. The van der Waals surface area contributed by atoms with Gasteiger partial charge in [0, 0.05) is 18.3 Å². The number of hydrogen-bond acceptors (Lipinski definition) is 5. The van der Waals surface area contributed by atoms with E-state index in [1.165, 1.54) is 6.07 Å². The summed E-state index contributed by atoms with van der Waals surface area (Å²) in [7, 11) is -5.48. The molecule has 0 bridgehead atoms. The van der Waals surface area contributed by atoms with Crippen LogP contribution < -0.4 is 11.1 Å². The lowest BCUT2D eigenvalue weighted by molar-refractivity contribution is -0.131. The van der Waals surface area contributed by atoms with Crippen molar-refractivity contribution in [3.63, 3.8) is 0 Å². The Morgan fingerprint density at radius 1 is 1.33 bits per heavy atom. The summed E-state index contributed by atoms with van der Waals surface area (Å²) in [6.45, 7) is 0.355. The first-order valence-corrected chi connectivity index (χ1v) is 8.21. The molecule has 1 aromatic rings. The molecule has 0 aliphatic carbocycles. The Morgan fingerprint density at radius 2 is 2.00 bits per heavy atom. The van der Waals surface area contributed by atoms with Crippen molar-refractivity contribution in [2.75, 3.05) is 11.9 Å². The highest BCUT2D eigenvalue weighted by Gasteiger charge is 2.46. The SMILES string of the molecule is Cl.N[C@@H]1CCCO[C@@H]1C(=O)Nc1cccc(S(=O)(=O)C(F)(F)F)c1. The zero-order valence-electron chi connectivity index (χ0n) is 12.2. The molecule has 11 heteroatoms. The first-order valence-electron chi connectivity index (χ1n) is 6.72. The lowest BCUT2D eigenvalue weighted by Crippen LogP contribution is -2.48. The number of amides is 1. The number of alkyl halides is 3. The van der Waals surface area contributed by atoms with Crippen LogP contribution in [-0.4, -0.2) is 38.6 Å². The molecule has 0 aromatic heterocycles. The minimum atomic E-state index is -5.48. The van der Waals surface area contributed by atoms with Gasteiger partial charge in [-0.25, -0.2) is 8.42 Å². The second-order valence-corrected chi connectivity index (χ2v) is 7.00. The van der Waals surface area contributed by atoms with Crippen LogP contribution in [0, 0.1) is 0 Å². The third kappa shape index (κ3) is 4.38. The summed E-state index contributed by atoms with van der Waals surface area (Å²) in [5.74, 6) is -0.626. The summed E-state index contributed by atoms with van der Waals surface area (Å²) in [5.41, 5.74) is 0.265. The highest BCUT2D eigenvalue weighted by Crippen LogP contribution is 2.31. The van der Waals surface area contributed by atoms with Gasteiger partial charge in [0.2, 0.25) is 0 Å². The molecule has 2 atom stereocenters. The number of carbonyl (C=O) groups is 1. The van der Waals surface area contributed by atoms with E-state index < -0.39 is 38.3 Å². The van der Waals surface area contributed by atoms with Gasteiger partial charge in [-0.3, -0.25) is 4.79 Å². The molecule has 2 rings (SSSR count). The third-order valence-electron chi connectivity index (χ3n) is 3.34. The number of nitrogens with one attached hydrogen (secondary N) is 1. The number of ether oxygens (including phenoxy) is 1. The van der Waals surface area contributed by atoms with E-state index in [9.17, 15) is 26.4 Å². The van der Waals surface area contributed by atoms with Gasteiger partial charge in [0.05, 0.1) is 4.90 Å². The molecule has 1 saturated heterocycles. The molecular weight excluding hydrogens is 373 g/mol. The minimum absolute atomic E-state index is 0. The van der Waals surface area contributed by atoms with E-state index in [-0.39, 0.29) is 18.1 Å². The maximum atomic E-state index is 12.5. The number of sulfone groups is 1. The number of nitrogens with two attached hydrogens (primary N) is 1. The van der Waals surface area contributed by atoms with E-state index in [0.29, 0.717) is 19.4 Å². The van der Waals surface area contributed by atoms with Crippen LogP contribution in [-0.2, 0) is 19.4 Å². The normalized spacial score (nSPS) is 21.7. The van der Waals surface area contributed by atoms with Gasteiger partial charge in [-0.1, -0.05) is 6.07 Å². The molecule has 1 aromatic carbocycles. The molecule has 0 saturated carbocycles. The quantitative estimate of drug-likeness (QED) is 0.823. The number of halogens is 4. The Hall–Kier alpha value is -1.36. The first-order chi connectivity index (χ1) is 10.6. The summed E-state index contributed by atoms with van der Waals surface area (Å²) < 4.78 is 65.6. The van der Waals surface area contributed by atoms with Gasteiger partial charge in [-0.15, -0.1) is 12.4 Å². The molecule has 1 fully saturated rings. The van der Waals surface area contributed by atoms with E-state index in [4.69, 9.17) is 10.5 Å². The Labute approximate surface area is 142 Å². The molecule has 24 heavy (non-hydrogen) atoms. The Kier molecular flexibility index (Phi) is 6.62. The highest BCUT2D eigenvalue weighted by atomic mass is 35.5. The predicted molar refractivity (Wildman–Crippen MR) is 82.5 cm³/mol. The van der Waals surface area contributed by atoms with E-state index >= 15 is 0 Å². The summed E-state index contributed by atoms with van der Waals surface area (Å²) >= 11 is 0. The summed E-state index contributed by atoms with van der Waals surface area (Å²) in [4.78, 5) is 11.1. The van der Waals surface area contributed by atoms with E-state index in [1.54, 1.807) is 0 Å². The van der Waals surface area contributed by atoms with Crippen molar-refractivity contribution >= 4 is 33.8 Å². The van der Waals surface area contributed by atoms with Gasteiger partial charge >= 0.3 is 5.51 Å². The van der Waals surface area contributed by atoms with Crippen LogP contribution in [0.15, 0.2) is 29.2 Å². The van der Waals surface area contributed by atoms with Crippen LogP contribution in [0.3, 0.4) is 0 Å². The van der Waals surface area contributed by atoms with E-state index in [0.717, 1.165) is 18.2 Å². The largest absolute Gasteiger partial charge is 0.501 e.